The van der Waals surface area contributed by atoms with Crippen LogP contribution in [0.2, 0.25) is 0 Å². The minimum Gasteiger partial charge on any atom is -0.485 e. The van der Waals surface area contributed by atoms with Crippen LogP contribution in [-0.2, 0) is 16.0 Å². The highest BCUT2D eigenvalue weighted by molar-refractivity contribution is 5.72. The van der Waals surface area contributed by atoms with Gasteiger partial charge in [0, 0.05) is 17.8 Å². The average molecular weight is 466 g/mol. The van der Waals surface area contributed by atoms with Crippen molar-refractivity contribution >= 4 is 5.97 Å². The molecule has 0 saturated carbocycles. The fourth-order valence-electron chi connectivity index (χ4n) is 3.90. The maximum atomic E-state index is 15.3. The van der Waals surface area contributed by atoms with Crippen LogP contribution >= 0.6 is 0 Å². The van der Waals surface area contributed by atoms with Crippen molar-refractivity contribution < 1.29 is 23.4 Å². The number of benzene rings is 2. The SMILES string of the molecule is CCCC(Oc1cc(CC(C)C(=O)OC)ccc1C)c1ccc(-c2ccnc(OC)c2)cc1F. The molecule has 0 aliphatic carbocycles. The topological polar surface area (TPSA) is 57.7 Å². The normalized spacial score (nSPS) is 12.6. The van der Waals surface area contributed by atoms with Crippen LogP contribution in [0.3, 0.4) is 0 Å². The first-order chi connectivity index (χ1) is 16.4. The highest BCUT2D eigenvalue weighted by atomic mass is 19.1. The van der Waals surface area contributed by atoms with Crippen molar-refractivity contribution in [2.45, 2.75) is 46.1 Å². The van der Waals surface area contributed by atoms with E-state index in [1.165, 1.54) is 13.2 Å². The molecule has 0 amide bonds. The van der Waals surface area contributed by atoms with Gasteiger partial charge < -0.3 is 14.2 Å². The van der Waals surface area contributed by atoms with Gasteiger partial charge in [0.15, 0.2) is 0 Å². The lowest BCUT2D eigenvalue weighted by atomic mass is 9.98. The molecule has 0 aliphatic heterocycles. The number of carbonyl (C=O) groups is 1. The van der Waals surface area contributed by atoms with Crippen LogP contribution in [-0.4, -0.2) is 25.2 Å². The molecule has 180 valence electrons. The summed E-state index contributed by atoms with van der Waals surface area (Å²) in [5.41, 5.74) is 4.01. The van der Waals surface area contributed by atoms with E-state index in [1.54, 1.807) is 25.4 Å². The number of hydrogen-bond acceptors (Lipinski definition) is 5. The van der Waals surface area contributed by atoms with Crippen molar-refractivity contribution in [1.82, 2.24) is 4.98 Å². The predicted molar refractivity (Wildman–Crippen MR) is 131 cm³/mol. The molecule has 34 heavy (non-hydrogen) atoms. The zero-order valence-electron chi connectivity index (χ0n) is 20.4. The molecule has 0 fully saturated rings. The second kappa shape index (κ2) is 11.6. The molecule has 1 heterocycles. The van der Waals surface area contributed by atoms with Gasteiger partial charge >= 0.3 is 5.97 Å². The van der Waals surface area contributed by atoms with Gasteiger partial charge in [0.2, 0.25) is 5.88 Å². The monoisotopic (exact) mass is 465 g/mol. The van der Waals surface area contributed by atoms with Gasteiger partial charge in [-0.15, -0.1) is 0 Å². The molecule has 3 rings (SSSR count). The highest BCUT2D eigenvalue weighted by Gasteiger charge is 2.20. The summed E-state index contributed by atoms with van der Waals surface area (Å²) in [6.07, 6.45) is 3.26. The van der Waals surface area contributed by atoms with E-state index in [0.717, 1.165) is 28.7 Å². The van der Waals surface area contributed by atoms with Gasteiger partial charge in [-0.05, 0) is 60.2 Å². The Bertz CT molecular complexity index is 1130. The molecule has 5 nitrogen and oxygen atoms in total. The summed E-state index contributed by atoms with van der Waals surface area (Å²) < 4.78 is 31.7. The number of methoxy groups -OCH3 is 2. The minimum atomic E-state index is -0.432. The van der Waals surface area contributed by atoms with Gasteiger partial charge in [0.25, 0.3) is 0 Å². The number of rotatable bonds is 10. The molecular weight excluding hydrogens is 433 g/mol. The molecule has 0 saturated heterocycles. The molecule has 2 atom stereocenters. The second-order valence-electron chi connectivity index (χ2n) is 8.45. The van der Waals surface area contributed by atoms with E-state index in [-0.39, 0.29) is 17.7 Å². The Morgan fingerprint density at radius 1 is 1.06 bits per heavy atom. The van der Waals surface area contributed by atoms with Gasteiger partial charge in [0.05, 0.1) is 20.1 Å². The van der Waals surface area contributed by atoms with Crippen LogP contribution in [0.5, 0.6) is 11.6 Å². The largest absolute Gasteiger partial charge is 0.485 e. The van der Waals surface area contributed by atoms with Crippen LogP contribution in [0.4, 0.5) is 4.39 Å². The van der Waals surface area contributed by atoms with E-state index in [1.807, 2.05) is 51.1 Å². The van der Waals surface area contributed by atoms with E-state index in [0.29, 0.717) is 30.0 Å². The van der Waals surface area contributed by atoms with E-state index in [2.05, 4.69) is 4.98 Å². The van der Waals surface area contributed by atoms with Crippen molar-refractivity contribution in [1.29, 1.82) is 0 Å². The van der Waals surface area contributed by atoms with Gasteiger partial charge in [-0.3, -0.25) is 4.79 Å². The Labute approximate surface area is 200 Å². The van der Waals surface area contributed by atoms with Gasteiger partial charge in [-0.2, -0.15) is 0 Å². The Balaban J connectivity index is 1.86. The van der Waals surface area contributed by atoms with Crippen LogP contribution in [0.1, 0.15) is 49.5 Å². The van der Waals surface area contributed by atoms with Crippen molar-refractivity contribution in [3.8, 4) is 22.8 Å². The minimum absolute atomic E-state index is 0.249. The van der Waals surface area contributed by atoms with Crippen LogP contribution in [0.25, 0.3) is 11.1 Å². The lowest BCUT2D eigenvalue weighted by Gasteiger charge is -2.22. The van der Waals surface area contributed by atoms with E-state index in [4.69, 9.17) is 14.2 Å². The average Bonchev–Trinajstić information content (AvgIpc) is 2.85. The summed E-state index contributed by atoms with van der Waals surface area (Å²) in [5.74, 6) is 0.339. The maximum Gasteiger partial charge on any atom is 0.308 e. The molecule has 6 heteroatoms. The summed E-state index contributed by atoms with van der Waals surface area (Å²) in [7, 11) is 2.94. The molecule has 3 aromatic rings. The Hall–Kier alpha value is -3.41. The highest BCUT2D eigenvalue weighted by Crippen LogP contribution is 2.33. The lowest BCUT2D eigenvalue weighted by Crippen LogP contribution is -2.15. The maximum absolute atomic E-state index is 15.3. The smallest absolute Gasteiger partial charge is 0.308 e. The van der Waals surface area contributed by atoms with Gasteiger partial charge in [-0.25, -0.2) is 9.37 Å². The van der Waals surface area contributed by atoms with E-state index < -0.39 is 6.10 Å². The number of halogens is 1. The third-order valence-electron chi connectivity index (χ3n) is 5.84. The standard InChI is InChI=1S/C28H32FNO4/c1-6-7-25(34-26-15-20(9-8-18(26)2)14-19(3)28(31)33-5)23-11-10-21(16-24(23)29)22-12-13-30-27(17-22)32-4/h8-13,15-17,19,25H,6-7,14H2,1-5H3. The summed E-state index contributed by atoms with van der Waals surface area (Å²) in [4.78, 5) is 15.9. The van der Waals surface area contributed by atoms with Crippen molar-refractivity contribution in [3.05, 3.63) is 77.2 Å². The quantitative estimate of drug-likeness (QED) is 0.321. The Morgan fingerprint density at radius 3 is 2.50 bits per heavy atom. The van der Waals surface area contributed by atoms with E-state index >= 15 is 4.39 Å². The third-order valence-corrected chi connectivity index (χ3v) is 5.84. The number of carbonyl (C=O) groups excluding carboxylic acids is 1. The number of aryl methyl sites for hydroxylation is 1. The predicted octanol–water partition coefficient (Wildman–Crippen LogP) is 6.48. The number of pyridine rings is 1. The Kier molecular flexibility index (Phi) is 8.63. The molecular formula is C28H32FNO4. The first-order valence-corrected chi connectivity index (χ1v) is 11.5. The summed E-state index contributed by atoms with van der Waals surface area (Å²) in [6, 6.07) is 14.7. The second-order valence-corrected chi connectivity index (χ2v) is 8.45. The molecule has 0 N–H and O–H groups in total. The summed E-state index contributed by atoms with van der Waals surface area (Å²) in [5, 5.41) is 0. The van der Waals surface area contributed by atoms with Crippen molar-refractivity contribution in [2.75, 3.05) is 14.2 Å². The fraction of sp³-hybridized carbons (Fsp3) is 0.357. The first-order valence-electron chi connectivity index (χ1n) is 11.5. The van der Waals surface area contributed by atoms with Crippen LogP contribution in [0, 0.1) is 18.7 Å². The number of hydrogen-bond donors (Lipinski definition) is 0. The van der Waals surface area contributed by atoms with Gasteiger partial charge in [-0.1, -0.05) is 44.5 Å². The summed E-state index contributed by atoms with van der Waals surface area (Å²) in [6.45, 7) is 5.84. The zero-order chi connectivity index (χ0) is 24.7. The van der Waals surface area contributed by atoms with Gasteiger partial charge in [0.1, 0.15) is 17.7 Å². The molecule has 1 aromatic heterocycles. The first kappa shape index (κ1) is 25.2. The number of aromatic nitrogens is 1. The molecule has 0 spiro atoms. The van der Waals surface area contributed by atoms with Crippen LogP contribution < -0.4 is 9.47 Å². The van der Waals surface area contributed by atoms with Crippen molar-refractivity contribution in [2.24, 2.45) is 5.92 Å². The Morgan fingerprint density at radius 2 is 1.82 bits per heavy atom. The zero-order valence-corrected chi connectivity index (χ0v) is 20.4. The lowest BCUT2D eigenvalue weighted by molar-refractivity contribution is -0.144. The fourth-order valence-corrected chi connectivity index (χ4v) is 3.90. The number of esters is 1. The van der Waals surface area contributed by atoms with E-state index in [9.17, 15) is 4.79 Å². The molecule has 2 unspecified atom stereocenters. The number of nitrogens with zero attached hydrogens (tertiary/aromatic N) is 1. The molecule has 0 bridgehead atoms. The number of ether oxygens (including phenoxy) is 3. The molecule has 0 radical (unpaired) electrons. The third kappa shape index (κ3) is 6.13. The molecule has 0 aliphatic rings. The van der Waals surface area contributed by atoms with Crippen LogP contribution in [0.15, 0.2) is 54.7 Å². The molecule has 2 aromatic carbocycles. The van der Waals surface area contributed by atoms with Crippen molar-refractivity contribution in [3.63, 3.8) is 0 Å². The summed E-state index contributed by atoms with van der Waals surface area (Å²) >= 11 is 0.